The molecule has 1 fully saturated rings. The highest BCUT2D eigenvalue weighted by Gasteiger charge is 2.23. The zero-order chi connectivity index (χ0) is 19.3. The number of urea groups is 1. The molecule has 2 aliphatic heterocycles. The molecule has 148 valence electrons. The van der Waals surface area contributed by atoms with Crippen LogP contribution >= 0.6 is 0 Å². The van der Waals surface area contributed by atoms with Crippen molar-refractivity contribution in [1.82, 2.24) is 10.6 Å². The lowest BCUT2D eigenvalue weighted by Gasteiger charge is -2.34. The quantitative estimate of drug-likeness (QED) is 0.850. The Kier molecular flexibility index (Phi) is 5.50. The summed E-state index contributed by atoms with van der Waals surface area (Å²) in [4.78, 5) is 14.4. The molecule has 0 saturated carbocycles. The van der Waals surface area contributed by atoms with Gasteiger partial charge < -0.3 is 25.0 Å². The van der Waals surface area contributed by atoms with Crippen molar-refractivity contribution in [2.75, 3.05) is 31.1 Å². The van der Waals surface area contributed by atoms with E-state index in [-0.39, 0.29) is 24.0 Å². The van der Waals surface area contributed by atoms with E-state index in [9.17, 15) is 9.18 Å². The van der Waals surface area contributed by atoms with Crippen molar-refractivity contribution >= 4 is 11.7 Å². The lowest BCUT2D eigenvalue weighted by atomic mass is 10.0. The summed E-state index contributed by atoms with van der Waals surface area (Å²) in [5.74, 6) is 1.21. The minimum absolute atomic E-state index is 0.126. The summed E-state index contributed by atoms with van der Waals surface area (Å²) >= 11 is 0. The molecule has 2 N–H and O–H groups in total. The van der Waals surface area contributed by atoms with E-state index < -0.39 is 0 Å². The molecule has 0 spiro atoms. The van der Waals surface area contributed by atoms with Gasteiger partial charge in [0.15, 0.2) is 17.6 Å². The Morgan fingerprint density at radius 3 is 2.54 bits per heavy atom. The van der Waals surface area contributed by atoms with Crippen molar-refractivity contribution in [2.24, 2.45) is 0 Å². The van der Waals surface area contributed by atoms with E-state index in [1.165, 1.54) is 12.1 Å². The monoisotopic (exact) mass is 385 g/mol. The van der Waals surface area contributed by atoms with Crippen molar-refractivity contribution in [2.45, 2.75) is 25.0 Å². The Hall–Kier alpha value is -2.96. The van der Waals surface area contributed by atoms with Crippen molar-refractivity contribution in [3.63, 3.8) is 0 Å². The number of amides is 2. The van der Waals surface area contributed by atoms with Crippen molar-refractivity contribution in [1.29, 1.82) is 0 Å². The number of rotatable bonds is 4. The molecule has 2 heterocycles. The lowest BCUT2D eigenvalue weighted by molar-refractivity contribution is 0.0916. The van der Waals surface area contributed by atoms with Crippen LogP contribution < -0.4 is 25.0 Å². The number of benzene rings is 2. The van der Waals surface area contributed by atoms with Gasteiger partial charge in [-0.2, -0.15) is 0 Å². The SMILES string of the molecule is O=C(NC[C@H]1COc2ccccc2O1)NC1CCN(c2ccc(F)cc2)CC1. The zero-order valence-corrected chi connectivity index (χ0v) is 15.6. The Morgan fingerprint density at radius 1 is 1.07 bits per heavy atom. The van der Waals surface area contributed by atoms with Crippen molar-refractivity contribution in [3.8, 4) is 11.5 Å². The maximum Gasteiger partial charge on any atom is 0.315 e. The third-order valence-electron chi connectivity index (χ3n) is 5.08. The number of nitrogens with zero attached hydrogens (tertiary/aromatic N) is 1. The summed E-state index contributed by atoms with van der Waals surface area (Å²) in [7, 11) is 0. The number of ether oxygens (including phenoxy) is 2. The Bertz CT molecular complexity index is 807. The number of hydrogen-bond acceptors (Lipinski definition) is 4. The topological polar surface area (TPSA) is 62.8 Å². The second-order valence-electron chi connectivity index (χ2n) is 7.09. The summed E-state index contributed by atoms with van der Waals surface area (Å²) in [6.45, 7) is 2.45. The molecule has 0 aromatic heterocycles. The zero-order valence-electron chi connectivity index (χ0n) is 15.6. The average Bonchev–Trinajstić information content (AvgIpc) is 2.73. The molecule has 2 aliphatic rings. The number of carbonyl (C=O) groups excluding carboxylic acids is 1. The fourth-order valence-electron chi connectivity index (χ4n) is 3.54. The van der Waals surface area contributed by atoms with Crippen LogP contribution in [0.1, 0.15) is 12.8 Å². The lowest BCUT2D eigenvalue weighted by Crippen LogP contribution is -2.50. The summed E-state index contributed by atoms with van der Waals surface area (Å²) < 4.78 is 24.5. The Labute approximate surface area is 163 Å². The first kappa shape index (κ1) is 18.4. The minimum Gasteiger partial charge on any atom is -0.486 e. The maximum atomic E-state index is 13.0. The largest absolute Gasteiger partial charge is 0.486 e. The predicted molar refractivity (Wildman–Crippen MR) is 105 cm³/mol. The van der Waals surface area contributed by atoms with Gasteiger partial charge in [0, 0.05) is 24.8 Å². The third kappa shape index (κ3) is 4.47. The van der Waals surface area contributed by atoms with E-state index in [0.717, 1.165) is 37.4 Å². The number of carbonyl (C=O) groups is 1. The van der Waals surface area contributed by atoms with Gasteiger partial charge >= 0.3 is 6.03 Å². The fourth-order valence-corrected chi connectivity index (χ4v) is 3.54. The van der Waals surface area contributed by atoms with E-state index in [0.29, 0.717) is 18.9 Å². The number of nitrogens with one attached hydrogen (secondary N) is 2. The average molecular weight is 385 g/mol. The van der Waals surface area contributed by atoms with Gasteiger partial charge in [-0.15, -0.1) is 0 Å². The molecule has 2 amide bonds. The van der Waals surface area contributed by atoms with Gasteiger partial charge in [-0.05, 0) is 49.2 Å². The van der Waals surface area contributed by atoms with Crippen LogP contribution in [0.4, 0.5) is 14.9 Å². The van der Waals surface area contributed by atoms with Crippen LogP contribution in [0.15, 0.2) is 48.5 Å². The van der Waals surface area contributed by atoms with E-state index in [1.54, 1.807) is 12.1 Å². The Morgan fingerprint density at radius 2 is 1.79 bits per heavy atom. The van der Waals surface area contributed by atoms with Gasteiger partial charge in [0.1, 0.15) is 12.4 Å². The van der Waals surface area contributed by atoms with Crippen molar-refractivity contribution in [3.05, 3.63) is 54.3 Å². The van der Waals surface area contributed by atoms with Crippen LogP contribution in [0.2, 0.25) is 0 Å². The molecule has 28 heavy (non-hydrogen) atoms. The number of fused-ring (bicyclic) bond motifs is 1. The molecule has 0 unspecified atom stereocenters. The van der Waals surface area contributed by atoms with Gasteiger partial charge in [-0.1, -0.05) is 12.1 Å². The molecule has 4 rings (SSSR count). The van der Waals surface area contributed by atoms with E-state index in [2.05, 4.69) is 15.5 Å². The minimum atomic E-state index is -0.229. The highest BCUT2D eigenvalue weighted by molar-refractivity contribution is 5.74. The summed E-state index contributed by atoms with van der Waals surface area (Å²) in [6.07, 6.45) is 1.49. The highest BCUT2D eigenvalue weighted by Crippen LogP contribution is 2.30. The smallest absolute Gasteiger partial charge is 0.315 e. The fraction of sp³-hybridized carbons (Fsp3) is 0.381. The molecule has 1 atom stereocenters. The second-order valence-corrected chi connectivity index (χ2v) is 7.09. The normalized spacial score (nSPS) is 19.2. The van der Waals surface area contributed by atoms with Gasteiger partial charge in [-0.3, -0.25) is 0 Å². The molecule has 2 aromatic rings. The number of para-hydroxylation sites is 2. The number of hydrogen-bond donors (Lipinski definition) is 2. The van der Waals surface area contributed by atoms with Crippen LogP contribution in [0.5, 0.6) is 11.5 Å². The standard InChI is InChI=1S/C21H24FN3O3/c22-15-5-7-17(8-6-15)25-11-9-16(10-12-25)24-21(26)23-13-18-14-27-19-3-1-2-4-20(19)28-18/h1-8,16,18H,9-14H2,(H2,23,24,26)/t18-/m0/s1. The summed E-state index contributed by atoms with van der Waals surface area (Å²) in [5, 5.41) is 5.89. The van der Waals surface area contributed by atoms with Gasteiger partial charge in [-0.25, -0.2) is 9.18 Å². The molecule has 1 saturated heterocycles. The van der Waals surface area contributed by atoms with Crippen LogP contribution in [0, 0.1) is 5.82 Å². The van der Waals surface area contributed by atoms with E-state index >= 15 is 0 Å². The van der Waals surface area contributed by atoms with Crippen LogP contribution in [-0.4, -0.2) is 44.4 Å². The summed E-state index contributed by atoms with van der Waals surface area (Å²) in [6, 6.07) is 14.0. The molecule has 0 bridgehead atoms. The maximum absolute atomic E-state index is 13.0. The molecule has 6 nitrogen and oxygen atoms in total. The number of anilines is 1. The molecule has 0 radical (unpaired) electrons. The van der Waals surface area contributed by atoms with Gasteiger partial charge in [0.05, 0.1) is 6.54 Å². The highest BCUT2D eigenvalue weighted by atomic mass is 19.1. The van der Waals surface area contributed by atoms with E-state index in [4.69, 9.17) is 9.47 Å². The molecule has 0 aliphatic carbocycles. The van der Waals surface area contributed by atoms with Gasteiger partial charge in [0.25, 0.3) is 0 Å². The molecule has 2 aromatic carbocycles. The first-order valence-electron chi connectivity index (χ1n) is 9.61. The van der Waals surface area contributed by atoms with E-state index in [1.807, 2.05) is 24.3 Å². The van der Waals surface area contributed by atoms with Crippen LogP contribution in [0.3, 0.4) is 0 Å². The molecular weight excluding hydrogens is 361 g/mol. The van der Waals surface area contributed by atoms with Crippen molar-refractivity contribution < 1.29 is 18.7 Å². The molecule has 7 heteroatoms. The van der Waals surface area contributed by atoms with Crippen LogP contribution in [0.25, 0.3) is 0 Å². The first-order valence-corrected chi connectivity index (χ1v) is 9.61. The summed E-state index contributed by atoms with van der Waals surface area (Å²) in [5.41, 5.74) is 1.01. The third-order valence-corrected chi connectivity index (χ3v) is 5.08. The number of halogens is 1. The number of piperidine rings is 1. The molecular formula is C21H24FN3O3. The van der Waals surface area contributed by atoms with Gasteiger partial charge in [0.2, 0.25) is 0 Å². The predicted octanol–water partition coefficient (Wildman–Crippen LogP) is 2.93. The first-order chi connectivity index (χ1) is 13.7. The Balaban J connectivity index is 1.19. The van der Waals surface area contributed by atoms with Crippen LogP contribution in [-0.2, 0) is 0 Å². The second kappa shape index (κ2) is 8.37.